The molecule has 1 aromatic heterocycles. The van der Waals surface area contributed by atoms with Gasteiger partial charge in [-0.1, -0.05) is 11.3 Å². The van der Waals surface area contributed by atoms with Gasteiger partial charge in [0.2, 0.25) is 10.0 Å². The van der Waals surface area contributed by atoms with Crippen LogP contribution in [0.25, 0.3) is 10.2 Å². The summed E-state index contributed by atoms with van der Waals surface area (Å²) in [4.78, 5) is 39.5. The van der Waals surface area contributed by atoms with Gasteiger partial charge in [-0.2, -0.15) is 4.99 Å². The van der Waals surface area contributed by atoms with E-state index in [1.165, 1.54) is 34.2 Å². The highest BCUT2D eigenvalue weighted by atomic mass is 32.2. The van der Waals surface area contributed by atoms with Crippen molar-refractivity contribution in [2.75, 3.05) is 26.5 Å². The van der Waals surface area contributed by atoms with Crippen LogP contribution in [0.3, 0.4) is 0 Å². The number of benzene rings is 1. The Morgan fingerprint density at radius 2 is 2.00 bits per heavy atom. The molecule has 1 aliphatic heterocycles. The summed E-state index contributed by atoms with van der Waals surface area (Å²) in [6.45, 7) is 0.282. The summed E-state index contributed by atoms with van der Waals surface area (Å²) < 4.78 is 31.3. The molecule has 0 unspecified atom stereocenters. The number of hydrogen-bond acceptors (Lipinski definition) is 8. The number of carbonyl (C=O) groups excluding carboxylic acids is 2. The van der Waals surface area contributed by atoms with Crippen molar-refractivity contribution in [3.05, 3.63) is 33.1 Å². The molecule has 2 aromatic rings. The Hall–Kier alpha value is -2.64. The van der Waals surface area contributed by atoms with Gasteiger partial charge in [-0.3, -0.25) is 19.7 Å². The minimum atomic E-state index is -3.30. The maximum absolute atomic E-state index is 12.7. The number of amides is 1. The Balaban J connectivity index is 1.95. The van der Waals surface area contributed by atoms with Crippen LogP contribution in [0, 0.1) is 16.0 Å². The number of nitro groups is 1. The molecule has 3 rings (SSSR count). The maximum Gasteiger partial charge on any atom is 0.325 e. The lowest BCUT2D eigenvalue weighted by molar-refractivity contribution is -0.384. The largest absolute Gasteiger partial charge is 0.468 e. The lowest BCUT2D eigenvalue weighted by atomic mass is 9.98. The van der Waals surface area contributed by atoms with Gasteiger partial charge in [-0.15, -0.1) is 0 Å². The smallest absolute Gasteiger partial charge is 0.325 e. The van der Waals surface area contributed by atoms with E-state index in [0.717, 1.165) is 17.6 Å². The fourth-order valence-corrected chi connectivity index (χ4v) is 5.17. The van der Waals surface area contributed by atoms with Crippen molar-refractivity contribution in [3.63, 3.8) is 0 Å². The Morgan fingerprint density at radius 3 is 2.57 bits per heavy atom. The van der Waals surface area contributed by atoms with E-state index >= 15 is 0 Å². The highest BCUT2D eigenvalue weighted by molar-refractivity contribution is 7.88. The van der Waals surface area contributed by atoms with Crippen molar-refractivity contribution in [2.45, 2.75) is 19.4 Å². The molecule has 1 aliphatic rings. The normalized spacial score (nSPS) is 16.7. The monoisotopic (exact) mass is 456 g/mol. The number of nitrogens with zero attached hydrogens (tertiary/aromatic N) is 4. The first-order chi connectivity index (χ1) is 14.1. The van der Waals surface area contributed by atoms with Crippen molar-refractivity contribution in [2.24, 2.45) is 10.9 Å². The van der Waals surface area contributed by atoms with Crippen LogP contribution >= 0.6 is 11.3 Å². The van der Waals surface area contributed by atoms with E-state index in [1.807, 2.05) is 0 Å². The number of fused-ring (bicyclic) bond motifs is 1. The molecular weight excluding hydrogens is 436 g/mol. The van der Waals surface area contributed by atoms with Gasteiger partial charge in [-0.25, -0.2) is 12.7 Å². The molecule has 11 nitrogen and oxygen atoms in total. The summed E-state index contributed by atoms with van der Waals surface area (Å²) in [5, 5.41) is 11.0. The van der Waals surface area contributed by atoms with Crippen LogP contribution in [0.5, 0.6) is 0 Å². The molecule has 30 heavy (non-hydrogen) atoms. The molecule has 162 valence electrons. The molecule has 1 saturated heterocycles. The number of nitro benzene ring substituents is 1. The highest BCUT2D eigenvalue weighted by Crippen LogP contribution is 2.24. The van der Waals surface area contributed by atoms with Gasteiger partial charge in [0.1, 0.15) is 6.54 Å². The summed E-state index contributed by atoms with van der Waals surface area (Å²) in [5.41, 5.74) is 0.412. The topological polar surface area (TPSA) is 141 Å². The zero-order valence-electron chi connectivity index (χ0n) is 16.3. The Kier molecular flexibility index (Phi) is 6.33. The molecule has 1 amide bonds. The lowest BCUT2D eigenvalue weighted by Gasteiger charge is -2.28. The summed E-state index contributed by atoms with van der Waals surface area (Å²) in [6, 6.07) is 4.18. The molecule has 0 N–H and O–H groups in total. The second kappa shape index (κ2) is 8.62. The average molecular weight is 457 g/mol. The van der Waals surface area contributed by atoms with E-state index in [2.05, 4.69) is 4.99 Å². The molecule has 1 fully saturated rings. The molecule has 2 heterocycles. The zero-order chi connectivity index (χ0) is 22.1. The third-order valence-corrected chi connectivity index (χ3v) is 7.21. The number of carbonyl (C=O) groups is 2. The number of hydrogen-bond donors (Lipinski definition) is 0. The summed E-state index contributed by atoms with van der Waals surface area (Å²) in [7, 11) is -2.07. The zero-order valence-corrected chi connectivity index (χ0v) is 17.9. The van der Waals surface area contributed by atoms with Crippen LogP contribution in [0.1, 0.15) is 12.8 Å². The molecule has 13 heteroatoms. The van der Waals surface area contributed by atoms with Gasteiger partial charge < -0.3 is 9.30 Å². The molecule has 1 aromatic carbocycles. The van der Waals surface area contributed by atoms with E-state index < -0.39 is 32.7 Å². The first-order valence-corrected chi connectivity index (χ1v) is 11.6. The maximum atomic E-state index is 12.7. The number of ether oxygens (including phenoxy) is 1. The molecule has 0 spiro atoms. The van der Waals surface area contributed by atoms with Gasteiger partial charge in [0.15, 0.2) is 4.80 Å². The van der Waals surface area contributed by atoms with Crippen molar-refractivity contribution >= 4 is 49.1 Å². The Bertz CT molecular complexity index is 1170. The predicted molar refractivity (Wildman–Crippen MR) is 108 cm³/mol. The predicted octanol–water partition coefficient (Wildman–Crippen LogP) is 0.883. The first kappa shape index (κ1) is 22.1. The van der Waals surface area contributed by atoms with Crippen molar-refractivity contribution in [1.82, 2.24) is 8.87 Å². The lowest BCUT2D eigenvalue weighted by Crippen LogP contribution is -2.39. The molecule has 0 radical (unpaired) electrons. The number of esters is 1. The molecule has 0 bridgehead atoms. The fourth-order valence-electron chi connectivity index (χ4n) is 3.23. The van der Waals surface area contributed by atoms with E-state index in [1.54, 1.807) is 0 Å². The van der Waals surface area contributed by atoms with Crippen molar-refractivity contribution in [3.8, 4) is 0 Å². The number of non-ortho nitro benzene ring substituents is 1. The summed E-state index contributed by atoms with van der Waals surface area (Å²) in [6.07, 6.45) is 1.83. The van der Waals surface area contributed by atoms with Gasteiger partial charge in [-0.05, 0) is 18.9 Å². The quantitative estimate of drug-likeness (QED) is 0.369. The Morgan fingerprint density at radius 1 is 1.33 bits per heavy atom. The second-order valence-corrected chi connectivity index (χ2v) is 9.83. The average Bonchev–Trinajstić information content (AvgIpc) is 3.03. The minimum Gasteiger partial charge on any atom is -0.468 e. The third-order valence-electron chi connectivity index (χ3n) is 4.87. The van der Waals surface area contributed by atoms with Gasteiger partial charge >= 0.3 is 5.97 Å². The molecular formula is C17H20N4O7S2. The van der Waals surface area contributed by atoms with E-state index in [-0.39, 0.29) is 30.1 Å². The van der Waals surface area contributed by atoms with Crippen LogP contribution in [0.2, 0.25) is 0 Å². The van der Waals surface area contributed by atoms with Crippen molar-refractivity contribution < 1.29 is 27.7 Å². The number of sulfonamides is 1. The number of piperidine rings is 1. The summed E-state index contributed by atoms with van der Waals surface area (Å²) >= 11 is 1.06. The number of thiazole rings is 1. The van der Waals surface area contributed by atoms with E-state index in [9.17, 15) is 28.1 Å². The summed E-state index contributed by atoms with van der Waals surface area (Å²) in [5.74, 6) is -1.40. The van der Waals surface area contributed by atoms with Crippen molar-refractivity contribution in [1.29, 1.82) is 0 Å². The van der Waals surface area contributed by atoms with Crippen LogP contribution in [0.4, 0.5) is 5.69 Å². The second-order valence-electron chi connectivity index (χ2n) is 6.84. The highest BCUT2D eigenvalue weighted by Gasteiger charge is 2.29. The van der Waals surface area contributed by atoms with Crippen LogP contribution in [0.15, 0.2) is 23.2 Å². The van der Waals surface area contributed by atoms with Gasteiger partial charge in [0.05, 0.1) is 28.5 Å². The third kappa shape index (κ3) is 4.74. The minimum absolute atomic E-state index is 0.111. The van der Waals surface area contributed by atoms with Crippen LogP contribution in [-0.4, -0.2) is 60.5 Å². The molecule has 0 aliphatic carbocycles. The van der Waals surface area contributed by atoms with E-state index in [0.29, 0.717) is 23.1 Å². The Labute approximate surface area is 175 Å². The van der Waals surface area contributed by atoms with E-state index in [4.69, 9.17) is 4.74 Å². The van der Waals surface area contributed by atoms with Gasteiger partial charge in [0, 0.05) is 31.1 Å². The van der Waals surface area contributed by atoms with Crippen LogP contribution < -0.4 is 4.80 Å². The standard InChI is InChI=1S/C17H20N4O7S2/c1-28-15(22)10-20-13-4-3-12(21(24)25)9-14(13)29-17(20)18-16(23)11-5-7-19(8-6-11)30(2,26)27/h3-4,9,11H,5-8,10H2,1-2H3. The fraction of sp³-hybridized carbons (Fsp3) is 0.471. The SMILES string of the molecule is COC(=O)Cn1c(=NC(=O)C2CCN(S(C)(=O)=O)CC2)sc2cc([N+](=O)[O-])ccc21. The van der Waals surface area contributed by atoms with Gasteiger partial charge in [0.25, 0.3) is 11.6 Å². The molecule has 0 atom stereocenters. The number of rotatable bonds is 5. The number of methoxy groups -OCH3 is 1. The number of aromatic nitrogens is 1. The molecule has 0 saturated carbocycles. The first-order valence-electron chi connectivity index (χ1n) is 8.98. The van der Waals surface area contributed by atoms with Crippen LogP contribution in [-0.2, 0) is 30.9 Å².